The van der Waals surface area contributed by atoms with Crippen LogP contribution in [0.25, 0.3) is 21.9 Å². The highest BCUT2D eigenvalue weighted by Crippen LogP contribution is 2.24. The summed E-state index contributed by atoms with van der Waals surface area (Å²) in [7, 11) is 1.42. The first-order valence-corrected chi connectivity index (χ1v) is 7.47. The number of allylic oxidation sites excluding steroid dienone is 1. The summed E-state index contributed by atoms with van der Waals surface area (Å²) in [4.78, 5) is 19.8. The molecule has 0 amide bonds. The lowest BCUT2D eigenvalue weighted by Gasteiger charge is -2.05. The minimum Gasteiger partial charge on any atom is -0.494 e. The Kier molecular flexibility index (Phi) is 3.77. The van der Waals surface area contributed by atoms with Gasteiger partial charge in [0.05, 0.1) is 12.5 Å². The van der Waals surface area contributed by atoms with E-state index in [1.165, 1.54) is 18.4 Å². The lowest BCUT2D eigenvalue weighted by Crippen LogP contribution is -2.09. The molecule has 0 saturated carbocycles. The molecule has 3 rings (SSSR count). The van der Waals surface area contributed by atoms with E-state index in [0.29, 0.717) is 27.2 Å². The molecule has 1 aromatic carbocycles. The number of benzene rings is 1. The second kappa shape index (κ2) is 5.73. The number of aromatic nitrogens is 2. The van der Waals surface area contributed by atoms with Crippen LogP contribution in [0.15, 0.2) is 34.4 Å². The Bertz CT molecular complexity index is 927. The van der Waals surface area contributed by atoms with Gasteiger partial charge in [-0.15, -0.1) is 11.3 Å². The number of rotatable bonds is 3. The van der Waals surface area contributed by atoms with E-state index in [-0.39, 0.29) is 11.3 Å². The van der Waals surface area contributed by atoms with Gasteiger partial charge in [0.25, 0.3) is 5.56 Å². The molecule has 0 aliphatic rings. The zero-order valence-electron chi connectivity index (χ0n) is 12.0. The summed E-state index contributed by atoms with van der Waals surface area (Å²) in [6.07, 6.45) is 1.63. The van der Waals surface area contributed by atoms with Crippen LogP contribution in [-0.2, 0) is 0 Å². The first-order chi connectivity index (χ1) is 10.6. The fourth-order valence-electron chi connectivity index (χ4n) is 2.15. The maximum absolute atomic E-state index is 14.2. The largest absolute Gasteiger partial charge is 0.494 e. The van der Waals surface area contributed by atoms with Gasteiger partial charge in [-0.3, -0.25) is 4.79 Å². The maximum atomic E-state index is 14.2. The Morgan fingerprint density at radius 2 is 2.23 bits per heavy atom. The molecule has 0 fully saturated rings. The Morgan fingerprint density at radius 3 is 3.00 bits per heavy atom. The number of hydrogen-bond acceptors (Lipinski definition) is 4. The third-order valence-electron chi connectivity index (χ3n) is 3.29. The van der Waals surface area contributed by atoms with Crippen molar-refractivity contribution in [3.63, 3.8) is 0 Å². The maximum Gasteiger partial charge on any atom is 0.259 e. The van der Waals surface area contributed by atoms with Crippen LogP contribution in [0.4, 0.5) is 4.39 Å². The van der Waals surface area contributed by atoms with Crippen molar-refractivity contribution in [2.24, 2.45) is 0 Å². The predicted molar refractivity (Wildman–Crippen MR) is 86.7 cm³/mol. The predicted octanol–water partition coefficient (Wildman–Crippen LogP) is 3.69. The number of halogens is 1. The van der Waals surface area contributed by atoms with E-state index < -0.39 is 5.82 Å². The molecule has 0 saturated heterocycles. The van der Waals surface area contributed by atoms with Gasteiger partial charge in [0.1, 0.15) is 10.7 Å². The molecular weight excluding hydrogens is 303 g/mol. The van der Waals surface area contributed by atoms with Crippen molar-refractivity contribution in [2.45, 2.75) is 6.92 Å². The molecule has 112 valence electrons. The number of H-pyrrole nitrogens is 1. The van der Waals surface area contributed by atoms with Gasteiger partial charge < -0.3 is 9.72 Å². The average molecular weight is 316 g/mol. The number of hydrogen-bond donors (Lipinski definition) is 1. The zero-order chi connectivity index (χ0) is 15.7. The smallest absolute Gasteiger partial charge is 0.259 e. The lowest BCUT2D eigenvalue weighted by molar-refractivity contribution is 0.386. The molecule has 4 nitrogen and oxygen atoms in total. The standard InChI is InChI=1S/C16H13FN2O2S/c1-9(8-10-4-3-5-12(21-2)13(10)17)14-18-15(20)11-6-7-22-16(11)19-14/h3-8H,1-2H3,(H,18,19,20). The molecule has 1 N–H and O–H groups in total. The van der Waals surface area contributed by atoms with E-state index in [9.17, 15) is 9.18 Å². The fraction of sp³-hybridized carbons (Fsp3) is 0.125. The Hall–Kier alpha value is -2.47. The first-order valence-electron chi connectivity index (χ1n) is 6.59. The molecule has 0 radical (unpaired) electrons. The summed E-state index contributed by atoms with van der Waals surface area (Å²) in [6.45, 7) is 1.77. The van der Waals surface area contributed by atoms with Crippen LogP contribution in [0, 0.1) is 5.82 Å². The molecule has 2 aromatic heterocycles. The molecule has 0 spiro atoms. The molecule has 2 heterocycles. The normalized spacial score (nSPS) is 11.9. The molecular formula is C16H13FN2O2S. The van der Waals surface area contributed by atoms with Crippen LogP contribution >= 0.6 is 11.3 Å². The second-order valence-electron chi connectivity index (χ2n) is 4.74. The van der Waals surface area contributed by atoms with Crippen LogP contribution in [0.3, 0.4) is 0 Å². The third-order valence-corrected chi connectivity index (χ3v) is 4.10. The molecule has 22 heavy (non-hydrogen) atoms. The van der Waals surface area contributed by atoms with Crippen LogP contribution < -0.4 is 10.3 Å². The highest BCUT2D eigenvalue weighted by molar-refractivity contribution is 7.16. The van der Waals surface area contributed by atoms with Gasteiger partial charge in [-0.2, -0.15) is 0 Å². The number of nitrogens with zero attached hydrogens (tertiary/aromatic N) is 1. The Labute approximate surface area is 129 Å². The molecule has 0 aliphatic carbocycles. The molecule has 0 atom stereocenters. The minimum absolute atomic E-state index is 0.178. The number of methoxy groups -OCH3 is 1. The van der Waals surface area contributed by atoms with Crippen molar-refractivity contribution in [1.29, 1.82) is 0 Å². The van der Waals surface area contributed by atoms with Crippen molar-refractivity contribution < 1.29 is 9.13 Å². The van der Waals surface area contributed by atoms with Crippen molar-refractivity contribution >= 4 is 33.2 Å². The van der Waals surface area contributed by atoms with Crippen LogP contribution in [-0.4, -0.2) is 17.1 Å². The van der Waals surface area contributed by atoms with E-state index in [2.05, 4.69) is 9.97 Å². The zero-order valence-corrected chi connectivity index (χ0v) is 12.8. The van der Waals surface area contributed by atoms with Crippen molar-refractivity contribution in [1.82, 2.24) is 9.97 Å². The van der Waals surface area contributed by atoms with E-state index in [1.807, 2.05) is 5.38 Å². The number of ether oxygens (including phenoxy) is 1. The first kappa shape index (κ1) is 14.5. The van der Waals surface area contributed by atoms with Gasteiger partial charge in [0, 0.05) is 5.56 Å². The van der Waals surface area contributed by atoms with Gasteiger partial charge in [-0.1, -0.05) is 12.1 Å². The second-order valence-corrected chi connectivity index (χ2v) is 5.64. The van der Waals surface area contributed by atoms with Crippen molar-refractivity contribution in [3.8, 4) is 5.75 Å². The molecule has 3 aromatic rings. The van der Waals surface area contributed by atoms with Crippen molar-refractivity contribution in [3.05, 3.63) is 57.2 Å². The topological polar surface area (TPSA) is 55.0 Å². The summed E-state index contributed by atoms with van der Waals surface area (Å²) in [5.74, 6) is 0.169. The van der Waals surface area contributed by atoms with Gasteiger partial charge >= 0.3 is 0 Å². The van der Waals surface area contributed by atoms with E-state index >= 15 is 0 Å². The van der Waals surface area contributed by atoms with Crippen LogP contribution in [0.5, 0.6) is 5.75 Å². The van der Waals surface area contributed by atoms with Gasteiger partial charge in [0.2, 0.25) is 0 Å². The summed E-state index contributed by atoms with van der Waals surface area (Å²) in [5.41, 5.74) is 0.852. The number of nitrogens with one attached hydrogen (secondary N) is 1. The van der Waals surface area contributed by atoms with Crippen molar-refractivity contribution in [2.75, 3.05) is 7.11 Å². The summed E-state index contributed by atoms with van der Waals surface area (Å²) >= 11 is 1.40. The average Bonchev–Trinajstić information content (AvgIpc) is 2.98. The Balaban J connectivity index is 2.08. The number of aromatic amines is 1. The highest BCUT2D eigenvalue weighted by atomic mass is 32.1. The molecule has 0 aliphatic heterocycles. The van der Waals surface area contributed by atoms with Crippen LogP contribution in [0.2, 0.25) is 0 Å². The monoisotopic (exact) mass is 316 g/mol. The van der Waals surface area contributed by atoms with Gasteiger partial charge in [-0.25, -0.2) is 9.37 Å². The van der Waals surface area contributed by atoms with Crippen LogP contribution in [0.1, 0.15) is 18.3 Å². The SMILES string of the molecule is COc1cccc(C=C(C)c2nc3sccc3c(=O)[nH]2)c1F. The molecule has 6 heteroatoms. The van der Waals surface area contributed by atoms with E-state index in [0.717, 1.165) is 0 Å². The number of thiophene rings is 1. The minimum atomic E-state index is -0.441. The molecule has 0 bridgehead atoms. The number of fused-ring (bicyclic) bond motifs is 1. The van der Waals surface area contributed by atoms with E-state index in [1.54, 1.807) is 37.3 Å². The van der Waals surface area contributed by atoms with Gasteiger partial charge in [-0.05, 0) is 36.1 Å². The summed E-state index contributed by atoms with van der Waals surface area (Å²) in [5, 5.41) is 2.38. The third kappa shape index (κ3) is 2.53. The van der Waals surface area contributed by atoms with Gasteiger partial charge in [0.15, 0.2) is 11.6 Å². The lowest BCUT2D eigenvalue weighted by atomic mass is 10.1. The highest BCUT2D eigenvalue weighted by Gasteiger charge is 2.09. The Morgan fingerprint density at radius 1 is 1.41 bits per heavy atom. The summed E-state index contributed by atoms with van der Waals surface area (Å²) in [6, 6.07) is 6.64. The summed E-state index contributed by atoms with van der Waals surface area (Å²) < 4.78 is 19.1. The fourth-order valence-corrected chi connectivity index (χ4v) is 2.92. The van der Waals surface area contributed by atoms with E-state index in [4.69, 9.17) is 4.74 Å². The molecule has 0 unspecified atom stereocenters. The quantitative estimate of drug-likeness (QED) is 0.801.